The Kier molecular flexibility index (Phi) is 4.10. The van der Waals surface area contributed by atoms with Crippen molar-refractivity contribution in [2.75, 3.05) is 20.8 Å². The summed E-state index contributed by atoms with van der Waals surface area (Å²) in [6.45, 7) is 5.36. The summed E-state index contributed by atoms with van der Waals surface area (Å²) in [5, 5.41) is 0. The third-order valence-electron chi connectivity index (χ3n) is 3.60. The SMILES string of the molecule is COc1c(C)cc(CN(C)[C@H]2CCOC2=O)cc1C. The lowest BCUT2D eigenvalue weighted by molar-refractivity contribution is -0.142. The standard InChI is InChI=1S/C15H21NO3/c1-10-7-12(8-11(2)14(10)18-4)9-16(3)13-5-6-19-15(13)17/h7-8,13H,5-6,9H2,1-4H3/t13-/m0/s1. The lowest BCUT2D eigenvalue weighted by Crippen LogP contribution is -2.34. The molecule has 1 aliphatic heterocycles. The highest BCUT2D eigenvalue weighted by atomic mass is 16.5. The zero-order valence-electron chi connectivity index (χ0n) is 12.0. The smallest absolute Gasteiger partial charge is 0.323 e. The Morgan fingerprint density at radius 3 is 2.47 bits per heavy atom. The Balaban J connectivity index is 2.13. The van der Waals surface area contributed by atoms with Gasteiger partial charge in [0.05, 0.1) is 13.7 Å². The van der Waals surface area contributed by atoms with Crippen LogP contribution in [0.15, 0.2) is 12.1 Å². The number of hydrogen-bond acceptors (Lipinski definition) is 4. The van der Waals surface area contributed by atoms with Crippen molar-refractivity contribution in [2.45, 2.75) is 32.9 Å². The van der Waals surface area contributed by atoms with Crippen LogP contribution in [0, 0.1) is 13.8 Å². The normalized spacial score (nSPS) is 18.8. The van der Waals surface area contributed by atoms with E-state index >= 15 is 0 Å². The van der Waals surface area contributed by atoms with Gasteiger partial charge in [0.2, 0.25) is 0 Å². The number of esters is 1. The van der Waals surface area contributed by atoms with Crippen LogP contribution in [0.4, 0.5) is 0 Å². The van der Waals surface area contributed by atoms with E-state index in [4.69, 9.17) is 9.47 Å². The van der Waals surface area contributed by atoms with Crippen molar-refractivity contribution in [1.82, 2.24) is 4.90 Å². The van der Waals surface area contributed by atoms with Crippen LogP contribution in [0.1, 0.15) is 23.1 Å². The van der Waals surface area contributed by atoms with Gasteiger partial charge in [0.15, 0.2) is 0 Å². The van der Waals surface area contributed by atoms with Crippen molar-refractivity contribution in [3.8, 4) is 5.75 Å². The van der Waals surface area contributed by atoms with Crippen molar-refractivity contribution in [3.05, 3.63) is 28.8 Å². The molecule has 0 spiro atoms. The average Bonchev–Trinajstić information content (AvgIpc) is 2.75. The van der Waals surface area contributed by atoms with Gasteiger partial charge in [-0.1, -0.05) is 12.1 Å². The van der Waals surface area contributed by atoms with Crippen LogP contribution in [-0.2, 0) is 16.1 Å². The fourth-order valence-corrected chi connectivity index (χ4v) is 2.74. The van der Waals surface area contributed by atoms with E-state index in [9.17, 15) is 4.79 Å². The van der Waals surface area contributed by atoms with E-state index < -0.39 is 0 Å². The summed E-state index contributed by atoms with van der Waals surface area (Å²) in [7, 11) is 3.65. The first-order valence-electron chi connectivity index (χ1n) is 6.54. The van der Waals surface area contributed by atoms with Gasteiger partial charge in [-0.15, -0.1) is 0 Å². The van der Waals surface area contributed by atoms with Crippen LogP contribution in [0.3, 0.4) is 0 Å². The fourth-order valence-electron chi connectivity index (χ4n) is 2.74. The zero-order valence-corrected chi connectivity index (χ0v) is 12.0. The molecule has 1 aliphatic rings. The van der Waals surface area contributed by atoms with Crippen molar-refractivity contribution in [2.24, 2.45) is 0 Å². The molecule has 0 amide bonds. The Morgan fingerprint density at radius 2 is 2.00 bits per heavy atom. The van der Waals surface area contributed by atoms with Crippen molar-refractivity contribution in [1.29, 1.82) is 0 Å². The summed E-state index contributed by atoms with van der Waals surface area (Å²) in [6.07, 6.45) is 0.781. The molecule has 1 atom stereocenters. The van der Waals surface area contributed by atoms with E-state index in [1.807, 2.05) is 20.9 Å². The number of nitrogens with zero attached hydrogens (tertiary/aromatic N) is 1. The predicted molar refractivity (Wildman–Crippen MR) is 73.3 cm³/mol. The number of carbonyl (C=O) groups excluding carboxylic acids is 1. The monoisotopic (exact) mass is 263 g/mol. The zero-order chi connectivity index (χ0) is 14.0. The summed E-state index contributed by atoms with van der Waals surface area (Å²) in [5.41, 5.74) is 3.44. The van der Waals surface area contributed by atoms with E-state index in [2.05, 4.69) is 17.0 Å². The van der Waals surface area contributed by atoms with Crippen LogP contribution in [0.2, 0.25) is 0 Å². The van der Waals surface area contributed by atoms with Gasteiger partial charge < -0.3 is 9.47 Å². The molecule has 19 heavy (non-hydrogen) atoms. The summed E-state index contributed by atoms with van der Waals surface area (Å²) < 4.78 is 10.4. The van der Waals surface area contributed by atoms with Gasteiger partial charge in [-0.2, -0.15) is 0 Å². The number of ether oxygens (including phenoxy) is 2. The molecule has 0 unspecified atom stereocenters. The number of hydrogen-bond donors (Lipinski definition) is 0. The van der Waals surface area contributed by atoms with Gasteiger partial charge in [0.25, 0.3) is 0 Å². The molecule has 0 radical (unpaired) electrons. The van der Waals surface area contributed by atoms with E-state index in [-0.39, 0.29) is 12.0 Å². The Bertz CT molecular complexity index is 461. The summed E-state index contributed by atoms with van der Waals surface area (Å²) in [5.74, 6) is 0.830. The van der Waals surface area contributed by atoms with E-state index in [1.165, 1.54) is 5.56 Å². The van der Waals surface area contributed by atoms with Gasteiger partial charge in [-0.3, -0.25) is 9.69 Å². The molecule has 4 heteroatoms. The molecule has 1 saturated heterocycles. The quantitative estimate of drug-likeness (QED) is 0.779. The van der Waals surface area contributed by atoms with E-state index in [0.29, 0.717) is 6.61 Å². The second-order valence-corrected chi connectivity index (χ2v) is 5.15. The lowest BCUT2D eigenvalue weighted by atomic mass is 10.0. The first-order chi connectivity index (χ1) is 9.02. The molecule has 1 fully saturated rings. The van der Waals surface area contributed by atoms with Crippen LogP contribution in [0.5, 0.6) is 5.75 Å². The minimum atomic E-state index is -0.109. The summed E-state index contributed by atoms with van der Waals surface area (Å²) >= 11 is 0. The summed E-state index contributed by atoms with van der Waals surface area (Å²) in [4.78, 5) is 13.6. The topological polar surface area (TPSA) is 38.8 Å². The van der Waals surface area contributed by atoms with Crippen molar-refractivity contribution >= 4 is 5.97 Å². The van der Waals surface area contributed by atoms with Crippen LogP contribution >= 0.6 is 0 Å². The highest BCUT2D eigenvalue weighted by Gasteiger charge is 2.30. The molecular formula is C15H21NO3. The highest BCUT2D eigenvalue weighted by molar-refractivity contribution is 5.77. The van der Waals surface area contributed by atoms with Gasteiger partial charge in [0, 0.05) is 13.0 Å². The number of methoxy groups -OCH3 is 1. The third kappa shape index (κ3) is 2.89. The highest BCUT2D eigenvalue weighted by Crippen LogP contribution is 2.25. The maximum atomic E-state index is 11.6. The summed E-state index contributed by atoms with van der Waals surface area (Å²) in [6, 6.07) is 4.12. The predicted octanol–water partition coefficient (Wildman–Crippen LogP) is 2.06. The molecular weight excluding hydrogens is 242 g/mol. The van der Waals surface area contributed by atoms with Crippen molar-refractivity contribution in [3.63, 3.8) is 0 Å². The molecule has 0 aliphatic carbocycles. The fraction of sp³-hybridized carbons (Fsp3) is 0.533. The second-order valence-electron chi connectivity index (χ2n) is 5.15. The number of rotatable bonds is 4. The van der Waals surface area contributed by atoms with E-state index in [0.717, 1.165) is 29.8 Å². The number of benzene rings is 1. The van der Waals surface area contributed by atoms with Crippen LogP contribution in [-0.4, -0.2) is 37.7 Å². The molecule has 1 heterocycles. The average molecular weight is 263 g/mol. The molecule has 0 aromatic heterocycles. The first kappa shape index (κ1) is 13.9. The van der Waals surface area contributed by atoms with Gasteiger partial charge >= 0.3 is 5.97 Å². The molecule has 2 rings (SSSR count). The lowest BCUT2D eigenvalue weighted by Gasteiger charge is -2.22. The van der Waals surface area contributed by atoms with Gasteiger partial charge in [0.1, 0.15) is 11.8 Å². The molecule has 1 aromatic carbocycles. The molecule has 1 aromatic rings. The number of cyclic esters (lactones) is 1. The number of likely N-dealkylation sites (N-methyl/N-ethyl adjacent to an activating group) is 1. The molecule has 0 saturated carbocycles. The Labute approximate surface area is 114 Å². The van der Waals surface area contributed by atoms with Crippen molar-refractivity contribution < 1.29 is 14.3 Å². The molecule has 104 valence electrons. The van der Waals surface area contributed by atoms with Gasteiger partial charge in [-0.05, 0) is 37.6 Å². The van der Waals surface area contributed by atoms with E-state index in [1.54, 1.807) is 7.11 Å². The minimum Gasteiger partial charge on any atom is -0.496 e. The van der Waals surface area contributed by atoms with Gasteiger partial charge in [-0.25, -0.2) is 0 Å². The maximum absolute atomic E-state index is 11.6. The largest absolute Gasteiger partial charge is 0.496 e. The molecule has 0 N–H and O–H groups in total. The molecule has 4 nitrogen and oxygen atoms in total. The Hall–Kier alpha value is -1.55. The number of carbonyl (C=O) groups is 1. The first-order valence-corrected chi connectivity index (χ1v) is 6.54. The molecule has 0 bridgehead atoms. The van der Waals surface area contributed by atoms with Crippen LogP contribution in [0.25, 0.3) is 0 Å². The second kappa shape index (κ2) is 5.61. The van der Waals surface area contributed by atoms with Crippen LogP contribution < -0.4 is 4.74 Å². The Morgan fingerprint density at radius 1 is 1.37 bits per heavy atom. The minimum absolute atomic E-state index is 0.107. The number of aryl methyl sites for hydroxylation is 2. The third-order valence-corrected chi connectivity index (χ3v) is 3.60. The maximum Gasteiger partial charge on any atom is 0.323 e.